The lowest BCUT2D eigenvalue weighted by Gasteiger charge is -2.71. The average molecular weight is 655 g/mol. The highest BCUT2D eigenvalue weighted by molar-refractivity contribution is 5.22. The van der Waals surface area contributed by atoms with Gasteiger partial charge in [0, 0.05) is 0 Å². The SMILES string of the molecule is CC(C)(O)/C=C/C[C@](C)(O)[C@@H]1CC[C@]2(C)[C@H]1[C@H](O[C@@H]1O[C@H](CO)[C@@H](O)[C@H](O)[C@H]1O)C[C@@H]1[C@]3(C)CC[C@H](O)C(C)(C)[C@H]3[C@@H](O)C[C@@]12C. The second-order valence-corrected chi connectivity index (χ2v) is 17.9. The van der Waals surface area contributed by atoms with Gasteiger partial charge in [-0.3, -0.25) is 0 Å². The maximum Gasteiger partial charge on any atom is 0.186 e. The molecule has 4 aliphatic carbocycles. The maximum absolute atomic E-state index is 12.1. The van der Waals surface area contributed by atoms with Crippen LogP contribution in [-0.2, 0) is 9.47 Å². The van der Waals surface area contributed by atoms with E-state index >= 15 is 0 Å². The number of aliphatic hydroxyl groups is 8. The van der Waals surface area contributed by atoms with Crippen molar-refractivity contribution in [3.8, 4) is 0 Å². The number of rotatable bonds is 7. The van der Waals surface area contributed by atoms with Crippen LogP contribution in [0.25, 0.3) is 0 Å². The summed E-state index contributed by atoms with van der Waals surface area (Å²) in [5, 5.41) is 87.5. The molecule has 0 spiro atoms. The summed E-state index contributed by atoms with van der Waals surface area (Å²) in [7, 11) is 0. The van der Waals surface area contributed by atoms with Crippen LogP contribution < -0.4 is 0 Å². The first kappa shape index (κ1) is 36.6. The monoisotopic (exact) mass is 654 g/mol. The fourth-order valence-corrected chi connectivity index (χ4v) is 11.8. The fourth-order valence-electron chi connectivity index (χ4n) is 11.8. The van der Waals surface area contributed by atoms with Gasteiger partial charge in [-0.2, -0.15) is 0 Å². The minimum Gasteiger partial charge on any atom is -0.394 e. The minimum atomic E-state index is -1.57. The Hall–Kier alpha value is -0.660. The summed E-state index contributed by atoms with van der Waals surface area (Å²) in [6.45, 7) is 15.6. The van der Waals surface area contributed by atoms with Crippen molar-refractivity contribution in [1.82, 2.24) is 0 Å². The second kappa shape index (κ2) is 12.0. The maximum atomic E-state index is 12.1. The van der Waals surface area contributed by atoms with E-state index in [1.54, 1.807) is 19.9 Å². The molecule has 5 fully saturated rings. The largest absolute Gasteiger partial charge is 0.394 e. The van der Waals surface area contributed by atoms with Gasteiger partial charge < -0.3 is 50.3 Å². The molecular formula is C36H62O10. The van der Waals surface area contributed by atoms with Gasteiger partial charge in [0.1, 0.15) is 24.4 Å². The highest BCUT2D eigenvalue weighted by atomic mass is 16.7. The number of ether oxygens (including phenoxy) is 2. The Morgan fingerprint density at radius 2 is 1.52 bits per heavy atom. The van der Waals surface area contributed by atoms with Gasteiger partial charge in [0.15, 0.2) is 6.29 Å². The number of hydrogen-bond donors (Lipinski definition) is 8. The molecule has 1 heterocycles. The van der Waals surface area contributed by atoms with E-state index in [2.05, 4.69) is 34.6 Å². The third-order valence-corrected chi connectivity index (χ3v) is 14.2. The number of fused-ring (bicyclic) bond motifs is 5. The van der Waals surface area contributed by atoms with Crippen molar-refractivity contribution in [2.75, 3.05) is 6.61 Å². The Morgan fingerprint density at radius 1 is 0.870 bits per heavy atom. The van der Waals surface area contributed by atoms with Crippen LogP contribution in [0.4, 0.5) is 0 Å². The number of hydrogen-bond acceptors (Lipinski definition) is 10. The predicted octanol–water partition coefficient (Wildman–Crippen LogP) is 2.27. The van der Waals surface area contributed by atoms with E-state index in [0.29, 0.717) is 32.1 Å². The molecule has 0 bridgehead atoms. The summed E-state index contributed by atoms with van der Waals surface area (Å²) in [6.07, 6.45) is -0.895. The molecular weight excluding hydrogens is 592 g/mol. The summed E-state index contributed by atoms with van der Waals surface area (Å²) >= 11 is 0. The molecule has 0 unspecified atom stereocenters. The summed E-state index contributed by atoms with van der Waals surface area (Å²) in [5.74, 6) is -0.539. The quantitative estimate of drug-likeness (QED) is 0.150. The van der Waals surface area contributed by atoms with E-state index in [0.717, 1.165) is 12.8 Å². The van der Waals surface area contributed by atoms with E-state index in [9.17, 15) is 40.9 Å². The first-order chi connectivity index (χ1) is 21.0. The van der Waals surface area contributed by atoms with Gasteiger partial charge in [0.05, 0.1) is 36.1 Å². The van der Waals surface area contributed by atoms with Gasteiger partial charge >= 0.3 is 0 Å². The van der Waals surface area contributed by atoms with Crippen molar-refractivity contribution >= 4 is 0 Å². The summed E-state index contributed by atoms with van der Waals surface area (Å²) < 4.78 is 12.6. The lowest BCUT2D eigenvalue weighted by atomic mass is 9.34. The lowest BCUT2D eigenvalue weighted by Crippen LogP contribution is -2.70. The van der Waals surface area contributed by atoms with Crippen LogP contribution in [-0.4, -0.2) is 108 Å². The van der Waals surface area contributed by atoms with E-state index in [4.69, 9.17) is 9.47 Å². The van der Waals surface area contributed by atoms with Gasteiger partial charge in [-0.25, -0.2) is 0 Å². The van der Waals surface area contributed by atoms with Crippen LogP contribution >= 0.6 is 0 Å². The van der Waals surface area contributed by atoms with Crippen molar-refractivity contribution in [2.24, 2.45) is 45.3 Å². The van der Waals surface area contributed by atoms with Crippen LogP contribution in [0.1, 0.15) is 100 Å². The van der Waals surface area contributed by atoms with Crippen molar-refractivity contribution in [3.05, 3.63) is 12.2 Å². The zero-order valence-electron chi connectivity index (χ0n) is 29.1. The highest BCUT2D eigenvalue weighted by Crippen LogP contribution is 2.76. The molecule has 8 N–H and O–H groups in total. The van der Waals surface area contributed by atoms with E-state index < -0.39 is 77.7 Å². The fraction of sp³-hybridized carbons (Fsp3) is 0.944. The van der Waals surface area contributed by atoms with Gasteiger partial charge in [0.25, 0.3) is 0 Å². The van der Waals surface area contributed by atoms with Gasteiger partial charge in [-0.05, 0) is 111 Å². The van der Waals surface area contributed by atoms with Gasteiger partial charge in [-0.1, -0.05) is 46.8 Å². The van der Waals surface area contributed by atoms with Crippen LogP contribution in [0.15, 0.2) is 12.2 Å². The number of aliphatic hydroxyl groups excluding tert-OH is 6. The summed E-state index contributed by atoms with van der Waals surface area (Å²) in [6, 6.07) is 0. The molecule has 10 heteroatoms. The molecule has 0 aromatic heterocycles. The molecule has 1 aliphatic heterocycles. The highest BCUT2D eigenvalue weighted by Gasteiger charge is 2.73. The Bertz CT molecular complexity index is 1130. The third kappa shape index (κ3) is 5.64. The van der Waals surface area contributed by atoms with Crippen LogP contribution in [0.2, 0.25) is 0 Å². The Labute approximate surface area is 274 Å². The topological polar surface area (TPSA) is 180 Å². The standard InChI is InChI=1S/C36H62O10/c1-31(2,43)12-9-13-36(8,44)19-10-15-34(6)25(19)21(45-30-28(42)27(41)26(40)22(18-37)46-30)16-23-33(5)14-11-24(39)32(3,4)29(33)20(38)17-35(23,34)7/h9,12,19-30,37-44H,10-11,13-18H2,1-8H3/b12-9+/t19-,20+,21-,22-,23-,24+,25-,26-,27+,28-,29-,30-,33+,34-,35+,36+/m1/s1. The summed E-state index contributed by atoms with van der Waals surface area (Å²) in [4.78, 5) is 0. The second-order valence-electron chi connectivity index (χ2n) is 17.9. The van der Waals surface area contributed by atoms with Crippen LogP contribution in [0.3, 0.4) is 0 Å². The Balaban J connectivity index is 1.58. The van der Waals surface area contributed by atoms with E-state index in [1.807, 2.05) is 13.0 Å². The molecule has 4 saturated carbocycles. The van der Waals surface area contributed by atoms with Crippen molar-refractivity contribution in [3.63, 3.8) is 0 Å². The molecule has 46 heavy (non-hydrogen) atoms. The van der Waals surface area contributed by atoms with Crippen LogP contribution in [0.5, 0.6) is 0 Å². The zero-order valence-corrected chi connectivity index (χ0v) is 29.1. The molecule has 1 saturated heterocycles. The molecule has 266 valence electrons. The first-order valence-electron chi connectivity index (χ1n) is 17.5. The van der Waals surface area contributed by atoms with Gasteiger partial charge in [0.2, 0.25) is 0 Å². The van der Waals surface area contributed by atoms with Crippen molar-refractivity contribution < 1.29 is 50.3 Å². The summed E-state index contributed by atoms with van der Waals surface area (Å²) in [5.41, 5.74) is -3.78. The molecule has 0 aromatic rings. The normalized spacial score (nSPS) is 52.1. The van der Waals surface area contributed by atoms with E-state index in [-0.39, 0.29) is 34.5 Å². The molecule has 10 nitrogen and oxygen atoms in total. The zero-order chi connectivity index (χ0) is 34.4. The minimum absolute atomic E-state index is 0.0649. The Morgan fingerprint density at radius 3 is 2.13 bits per heavy atom. The van der Waals surface area contributed by atoms with Crippen LogP contribution in [0, 0.1) is 45.3 Å². The smallest absolute Gasteiger partial charge is 0.186 e. The molecule has 5 aliphatic rings. The molecule has 16 atom stereocenters. The molecule has 5 rings (SSSR count). The molecule has 0 aromatic carbocycles. The third-order valence-electron chi connectivity index (χ3n) is 14.2. The average Bonchev–Trinajstić information content (AvgIpc) is 3.31. The van der Waals surface area contributed by atoms with E-state index in [1.165, 1.54) is 0 Å². The van der Waals surface area contributed by atoms with Crippen molar-refractivity contribution in [1.29, 1.82) is 0 Å². The Kier molecular flexibility index (Phi) is 9.55. The predicted molar refractivity (Wildman–Crippen MR) is 171 cm³/mol. The lowest BCUT2D eigenvalue weighted by molar-refractivity contribution is -0.339. The molecule has 0 radical (unpaired) electrons. The van der Waals surface area contributed by atoms with Gasteiger partial charge in [-0.15, -0.1) is 0 Å². The first-order valence-corrected chi connectivity index (χ1v) is 17.5. The van der Waals surface area contributed by atoms with Crippen molar-refractivity contribution in [2.45, 2.75) is 161 Å². The molecule has 0 amide bonds.